The first kappa shape index (κ1) is 16.4. The van der Waals surface area contributed by atoms with Crippen LogP contribution in [0.3, 0.4) is 0 Å². The first-order valence-corrected chi connectivity index (χ1v) is 8.80. The minimum Gasteiger partial charge on any atom is -0.465 e. The summed E-state index contributed by atoms with van der Waals surface area (Å²) in [5.41, 5.74) is 0.994. The summed E-state index contributed by atoms with van der Waals surface area (Å²) in [5.74, 6) is -0.780. The van der Waals surface area contributed by atoms with Crippen molar-refractivity contribution in [2.24, 2.45) is 0 Å². The van der Waals surface area contributed by atoms with Crippen LogP contribution in [0.25, 0.3) is 0 Å². The molecule has 0 spiro atoms. The van der Waals surface area contributed by atoms with Crippen molar-refractivity contribution in [3.63, 3.8) is 0 Å². The summed E-state index contributed by atoms with van der Waals surface area (Å²) < 4.78 is 4.67. The lowest BCUT2D eigenvalue weighted by atomic mass is 10.3. The van der Waals surface area contributed by atoms with Gasteiger partial charge in [0.1, 0.15) is 4.88 Å². The molecule has 3 rings (SSSR count). The van der Waals surface area contributed by atoms with Crippen LogP contribution >= 0.6 is 22.7 Å². The van der Waals surface area contributed by atoms with E-state index >= 15 is 0 Å². The fourth-order valence-corrected chi connectivity index (χ4v) is 3.79. The van der Waals surface area contributed by atoms with Crippen LogP contribution in [0.1, 0.15) is 15.4 Å². The number of anilines is 2. The molecule has 0 saturated carbocycles. The van der Waals surface area contributed by atoms with Crippen molar-refractivity contribution < 1.29 is 19.1 Å². The van der Waals surface area contributed by atoms with Crippen LogP contribution in [0.4, 0.5) is 15.6 Å². The van der Waals surface area contributed by atoms with Crippen molar-refractivity contribution in [3.05, 3.63) is 27.4 Å². The van der Waals surface area contributed by atoms with Gasteiger partial charge in [-0.25, -0.2) is 14.6 Å². The molecule has 24 heavy (non-hydrogen) atoms. The van der Waals surface area contributed by atoms with Crippen LogP contribution < -0.4 is 15.5 Å². The number of thiazole rings is 1. The molecule has 0 aliphatic carbocycles. The first-order valence-electron chi connectivity index (χ1n) is 7.04. The minimum absolute atomic E-state index is 0.0580. The number of methoxy groups -OCH3 is 1. The van der Waals surface area contributed by atoms with Crippen LogP contribution in [0.5, 0.6) is 0 Å². The highest BCUT2D eigenvalue weighted by Gasteiger charge is 2.24. The second-order valence-corrected chi connectivity index (χ2v) is 6.64. The van der Waals surface area contributed by atoms with E-state index in [2.05, 4.69) is 20.4 Å². The third-order valence-electron chi connectivity index (χ3n) is 3.28. The Morgan fingerprint density at radius 3 is 3.00 bits per heavy atom. The number of hydrogen-bond donors (Lipinski definition) is 2. The molecule has 3 amide bonds. The van der Waals surface area contributed by atoms with Crippen molar-refractivity contribution >= 4 is 51.4 Å². The van der Waals surface area contributed by atoms with Crippen molar-refractivity contribution in [2.75, 3.05) is 30.4 Å². The van der Waals surface area contributed by atoms with Gasteiger partial charge in [0.25, 0.3) is 0 Å². The lowest BCUT2D eigenvalue weighted by Gasteiger charge is -2.08. The van der Waals surface area contributed by atoms with E-state index in [9.17, 15) is 14.4 Å². The molecule has 2 aromatic rings. The van der Waals surface area contributed by atoms with Crippen LogP contribution in [-0.4, -0.2) is 43.1 Å². The van der Waals surface area contributed by atoms with Crippen molar-refractivity contribution in [2.45, 2.75) is 6.42 Å². The molecule has 3 heterocycles. The number of nitrogens with one attached hydrogen (secondary N) is 2. The molecule has 1 aliphatic rings. The number of urea groups is 1. The zero-order valence-corrected chi connectivity index (χ0v) is 14.3. The highest BCUT2D eigenvalue weighted by atomic mass is 32.1. The summed E-state index contributed by atoms with van der Waals surface area (Å²) in [6.07, 6.45) is 0.0580. The van der Waals surface area contributed by atoms with Crippen LogP contribution in [0.2, 0.25) is 0 Å². The number of hydrogen-bond acceptors (Lipinski definition) is 7. The van der Waals surface area contributed by atoms with E-state index in [0.29, 0.717) is 34.5 Å². The molecule has 0 atom stereocenters. The Hall–Kier alpha value is -2.46. The standard InChI is InChI=1S/C14H14N4O4S2/c1-22-12(20)11-9(2-5-23-11)17-10(19)6-8-7-24-14(16-8)18-4-3-15-13(18)21/h2,5,7H,3-4,6H2,1H3,(H,15,21)(H,17,19). The normalized spacial score (nSPS) is 13.7. The van der Waals surface area contributed by atoms with E-state index in [-0.39, 0.29) is 18.4 Å². The lowest BCUT2D eigenvalue weighted by molar-refractivity contribution is -0.115. The van der Waals surface area contributed by atoms with E-state index in [1.807, 2.05) is 0 Å². The van der Waals surface area contributed by atoms with E-state index in [4.69, 9.17) is 0 Å². The molecule has 2 aromatic heterocycles. The number of carbonyl (C=O) groups excluding carboxylic acids is 3. The topological polar surface area (TPSA) is 101 Å². The summed E-state index contributed by atoms with van der Waals surface area (Å²) >= 11 is 2.51. The number of thiophene rings is 1. The maximum absolute atomic E-state index is 12.2. The van der Waals surface area contributed by atoms with Gasteiger partial charge >= 0.3 is 12.0 Å². The Balaban J connectivity index is 1.64. The number of rotatable bonds is 5. The summed E-state index contributed by atoms with van der Waals surface area (Å²) in [5, 5.41) is 9.40. The minimum atomic E-state index is -0.490. The number of aromatic nitrogens is 1. The fourth-order valence-electron chi connectivity index (χ4n) is 2.17. The summed E-state index contributed by atoms with van der Waals surface area (Å²) in [6.45, 7) is 1.15. The van der Waals surface area contributed by atoms with Gasteiger partial charge in [-0.05, 0) is 11.4 Å². The molecule has 126 valence electrons. The number of amides is 3. The molecule has 8 nitrogen and oxygen atoms in total. The summed E-state index contributed by atoms with van der Waals surface area (Å²) in [7, 11) is 1.29. The molecule has 0 aromatic carbocycles. The van der Waals surface area contributed by atoms with E-state index in [0.717, 1.165) is 0 Å². The van der Waals surface area contributed by atoms with E-state index in [1.165, 1.54) is 29.8 Å². The van der Waals surface area contributed by atoms with Gasteiger partial charge in [0.05, 0.1) is 24.9 Å². The Kier molecular flexibility index (Phi) is 4.76. The summed E-state index contributed by atoms with van der Waals surface area (Å²) in [6, 6.07) is 1.47. The Morgan fingerprint density at radius 2 is 2.29 bits per heavy atom. The molecular weight excluding hydrogens is 352 g/mol. The van der Waals surface area contributed by atoms with Gasteiger partial charge in [-0.3, -0.25) is 9.69 Å². The second-order valence-electron chi connectivity index (χ2n) is 4.88. The van der Waals surface area contributed by atoms with Crippen molar-refractivity contribution in [1.29, 1.82) is 0 Å². The maximum atomic E-state index is 12.2. The number of carbonyl (C=O) groups is 3. The van der Waals surface area contributed by atoms with Crippen LogP contribution in [0.15, 0.2) is 16.8 Å². The maximum Gasteiger partial charge on any atom is 0.350 e. The molecule has 0 radical (unpaired) electrons. The molecule has 0 bridgehead atoms. The molecule has 1 aliphatic heterocycles. The molecule has 1 saturated heterocycles. The largest absolute Gasteiger partial charge is 0.465 e. The van der Waals surface area contributed by atoms with Crippen molar-refractivity contribution in [3.8, 4) is 0 Å². The zero-order valence-electron chi connectivity index (χ0n) is 12.7. The highest BCUT2D eigenvalue weighted by Crippen LogP contribution is 2.25. The fraction of sp³-hybridized carbons (Fsp3) is 0.286. The SMILES string of the molecule is COC(=O)c1sccc1NC(=O)Cc1csc(N2CCNC2=O)n1. The summed E-state index contributed by atoms with van der Waals surface area (Å²) in [4.78, 5) is 41.6. The third kappa shape index (κ3) is 3.39. The lowest BCUT2D eigenvalue weighted by Crippen LogP contribution is -2.27. The number of esters is 1. The van der Waals surface area contributed by atoms with Crippen molar-refractivity contribution in [1.82, 2.24) is 10.3 Å². The van der Waals surface area contributed by atoms with Gasteiger partial charge in [-0.2, -0.15) is 0 Å². The predicted octanol–water partition coefficient (Wildman–Crippen LogP) is 1.70. The van der Waals surface area contributed by atoms with Gasteiger partial charge < -0.3 is 15.4 Å². The average molecular weight is 366 g/mol. The Morgan fingerprint density at radius 1 is 1.46 bits per heavy atom. The quantitative estimate of drug-likeness (QED) is 0.785. The predicted molar refractivity (Wildman–Crippen MR) is 90.9 cm³/mol. The molecule has 1 fully saturated rings. The van der Waals surface area contributed by atoms with E-state index < -0.39 is 5.97 Å². The van der Waals surface area contributed by atoms with Gasteiger partial charge in [-0.15, -0.1) is 22.7 Å². The monoisotopic (exact) mass is 366 g/mol. The van der Waals surface area contributed by atoms with Gasteiger partial charge in [0, 0.05) is 18.5 Å². The molecule has 10 heteroatoms. The highest BCUT2D eigenvalue weighted by molar-refractivity contribution is 7.14. The Labute approximate surface area is 145 Å². The van der Waals surface area contributed by atoms with Gasteiger partial charge in [0.2, 0.25) is 5.91 Å². The second kappa shape index (κ2) is 6.97. The zero-order chi connectivity index (χ0) is 17.1. The van der Waals surface area contributed by atoms with Crippen LogP contribution in [0, 0.1) is 0 Å². The smallest absolute Gasteiger partial charge is 0.350 e. The molecular formula is C14H14N4O4S2. The van der Waals surface area contributed by atoms with Gasteiger partial charge in [-0.1, -0.05) is 0 Å². The first-order chi connectivity index (χ1) is 11.6. The van der Waals surface area contributed by atoms with Gasteiger partial charge in [0.15, 0.2) is 5.13 Å². The number of ether oxygens (including phenoxy) is 1. The number of nitrogens with zero attached hydrogens (tertiary/aromatic N) is 2. The Bertz CT molecular complexity index is 785. The van der Waals surface area contributed by atoms with Crippen LogP contribution in [-0.2, 0) is 16.0 Å². The molecule has 2 N–H and O–H groups in total. The molecule has 0 unspecified atom stereocenters. The average Bonchev–Trinajstić information content (AvgIpc) is 3.27. The van der Waals surface area contributed by atoms with E-state index in [1.54, 1.807) is 21.7 Å². The third-order valence-corrected chi connectivity index (χ3v) is 5.09.